The van der Waals surface area contributed by atoms with Crippen LogP contribution in [0.5, 0.6) is 0 Å². The summed E-state index contributed by atoms with van der Waals surface area (Å²) in [5.74, 6) is 2.30. The topological polar surface area (TPSA) is 56.9 Å². The van der Waals surface area contributed by atoms with E-state index < -0.39 is 0 Å². The van der Waals surface area contributed by atoms with Crippen molar-refractivity contribution in [2.75, 3.05) is 39.8 Å². The summed E-state index contributed by atoms with van der Waals surface area (Å²) in [5.41, 5.74) is 3.10. The Kier molecular flexibility index (Phi) is 6.50. The molecular weight excluding hydrogens is 338 g/mol. The van der Waals surface area contributed by atoms with Crippen LogP contribution in [0.1, 0.15) is 25.1 Å². The van der Waals surface area contributed by atoms with Crippen molar-refractivity contribution in [1.29, 1.82) is 0 Å². The van der Waals surface area contributed by atoms with Crippen molar-refractivity contribution in [2.24, 2.45) is 10.9 Å². The van der Waals surface area contributed by atoms with Gasteiger partial charge < -0.3 is 14.6 Å². The Morgan fingerprint density at radius 1 is 1.19 bits per heavy atom. The number of rotatable bonds is 5. The zero-order valence-corrected chi connectivity index (χ0v) is 16.9. The quantitative estimate of drug-likeness (QED) is 0.649. The van der Waals surface area contributed by atoms with Crippen LogP contribution in [0.15, 0.2) is 39.9 Å². The van der Waals surface area contributed by atoms with Gasteiger partial charge in [-0.2, -0.15) is 0 Å². The number of aliphatic imine (C=N–C) groups is 1. The van der Waals surface area contributed by atoms with Crippen LogP contribution in [-0.2, 0) is 6.54 Å². The number of nitrogens with one attached hydrogen (secondary N) is 1. The lowest BCUT2D eigenvalue weighted by Crippen LogP contribution is -2.52. The third-order valence-corrected chi connectivity index (χ3v) is 4.78. The van der Waals surface area contributed by atoms with Gasteiger partial charge in [-0.1, -0.05) is 31.5 Å². The van der Waals surface area contributed by atoms with Gasteiger partial charge in [0.05, 0.1) is 12.2 Å². The van der Waals surface area contributed by atoms with Gasteiger partial charge in [0.25, 0.3) is 0 Å². The van der Waals surface area contributed by atoms with Gasteiger partial charge in [0.2, 0.25) is 5.89 Å². The van der Waals surface area contributed by atoms with Crippen molar-refractivity contribution in [3.8, 4) is 11.5 Å². The van der Waals surface area contributed by atoms with Gasteiger partial charge in [0.1, 0.15) is 6.26 Å². The first-order valence-electron chi connectivity index (χ1n) is 9.74. The Bertz CT molecular complexity index is 742. The van der Waals surface area contributed by atoms with Crippen LogP contribution in [-0.4, -0.2) is 60.5 Å². The number of piperazine rings is 1. The van der Waals surface area contributed by atoms with E-state index in [1.807, 2.05) is 19.2 Å². The van der Waals surface area contributed by atoms with Crippen molar-refractivity contribution in [1.82, 2.24) is 20.1 Å². The first kappa shape index (κ1) is 19.4. The Morgan fingerprint density at radius 2 is 1.89 bits per heavy atom. The molecule has 1 aliphatic heterocycles. The maximum Gasteiger partial charge on any atom is 0.226 e. The van der Waals surface area contributed by atoms with Gasteiger partial charge in [-0.15, -0.1) is 0 Å². The summed E-state index contributed by atoms with van der Waals surface area (Å²) in [6.07, 6.45) is 1.72. The number of oxazole rings is 1. The molecule has 0 amide bonds. The summed E-state index contributed by atoms with van der Waals surface area (Å²) in [7, 11) is 1.84. The maximum absolute atomic E-state index is 5.64. The Labute approximate surface area is 162 Å². The molecule has 1 aromatic heterocycles. The number of aryl methyl sites for hydroxylation is 1. The van der Waals surface area contributed by atoms with Gasteiger partial charge in [-0.05, 0) is 25.0 Å². The largest absolute Gasteiger partial charge is 0.444 e. The van der Waals surface area contributed by atoms with E-state index in [0.29, 0.717) is 18.4 Å². The van der Waals surface area contributed by atoms with Gasteiger partial charge in [0, 0.05) is 45.3 Å². The van der Waals surface area contributed by atoms with Crippen LogP contribution in [0.25, 0.3) is 11.5 Å². The zero-order valence-electron chi connectivity index (χ0n) is 16.9. The number of guanidine groups is 1. The van der Waals surface area contributed by atoms with E-state index in [1.165, 1.54) is 12.1 Å². The lowest BCUT2D eigenvalue weighted by molar-refractivity contribution is 0.164. The summed E-state index contributed by atoms with van der Waals surface area (Å²) < 4.78 is 5.64. The SMILES string of the molecule is CN=C(NCc1coc(-c2ccc(C)cc2)n1)N1CCN(CC(C)C)CC1. The molecule has 6 heteroatoms. The number of nitrogens with zero attached hydrogens (tertiary/aromatic N) is 4. The molecule has 2 aromatic rings. The maximum atomic E-state index is 5.64. The summed E-state index contributed by atoms with van der Waals surface area (Å²) in [6, 6.07) is 8.21. The molecule has 1 aliphatic rings. The van der Waals surface area contributed by atoms with Crippen molar-refractivity contribution >= 4 is 5.96 Å². The zero-order chi connectivity index (χ0) is 19.2. The number of hydrogen-bond donors (Lipinski definition) is 1. The van der Waals surface area contributed by atoms with E-state index in [9.17, 15) is 0 Å². The van der Waals surface area contributed by atoms with Crippen LogP contribution in [0.2, 0.25) is 0 Å². The number of aromatic nitrogens is 1. The van der Waals surface area contributed by atoms with Gasteiger partial charge >= 0.3 is 0 Å². The van der Waals surface area contributed by atoms with E-state index in [4.69, 9.17) is 4.42 Å². The molecule has 0 spiro atoms. The second kappa shape index (κ2) is 9.04. The molecular formula is C21H31N5O. The molecule has 3 rings (SSSR count). The minimum Gasteiger partial charge on any atom is -0.444 e. The van der Waals surface area contributed by atoms with Crippen LogP contribution >= 0.6 is 0 Å². The van der Waals surface area contributed by atoms with Crippen molar-refractivity contribution in [3.05, 3.63) is 41.8 Å². The Balaban J connectivity index is 1.52. The third-order valence-electron chi connectivity index (χ3n) is 4.78. The molecule has 0 saturated carbocycles. The lowest BCUT2D eigenvalue weighted by Gasteiger charge is -2.37. The van der Waals surface area contributed by atoms with Crippen LogP contribution < -0.4 is 5.32 Å². The van der Waals surface area contributed by atoms with Gasteiger partial charge in [0.15, 0.2) is 5.96 Å². The molecule has 1 aromatic carbocycles. The van der Waals surface area contributed by atoms with E-state index in [-0.39, 0.29) is 0 Å². The van der Waals surface area contributed by atoms with E-state index in [2.05, 4.69) is 58.0 Å². The van der Waals surface area contributed by atoms with Crippen molar-refractivity contribution in [2.45, 2.75) is 27.3 Å². The van der Waals surface area contributed by atoms with Gasteiger partial charge in [-0.3, -0.25) is 9.89 Å². The fraction of sp³-hybridized carbons (Fsp3) is 0.524. The average molecular weight is 370 g/mol. The molecule has 0 bridgehead atoms. The summed E-state index contributed by atoms with van der Waals surface area (Å²) in [6.45, 7) is 12.6. The second-order valence-corrected chi connectivity index (χ2v) is 7.59. The standard InChI is InChI=1S/C21H31N5O/c1-16(2)14-25-9-11-26(12-10-25)21(22-4)23-13-19-15-27-20(24-19)18-7-5-17(3)6-8-18/h5-8,15-16H,9-14H2,1-4H3,(H,22,23). The van der Waals surface area contributed by atoms with E-state index in [0.717, 1.165) is 43.4 Å². The van der Waals surface area contributed by atoms with E-state index in [1.54, 1.807) is 6.26 Å². The lowest BCUT2D eigenvalue weighted by atomic mass is 10.1. The predicted octanol–water partition coefficient (Wildman–Crippen LogP) is 3.00. The highest BCUT2D eigenvalue weighted by Crippen LogP contribution is 2.19. The fourth-order valence-electron chi connectivity index (χ4n) is 3.38. The molecule has 1 fully saturated rings. The minimum absolute atomic E-state index is 0.605. The van der Waals surface area contributed by atoms with E-state index >= 15 is 0 Å². The minimum atomic E-state index is 0.605. The molecule has 1 N–H and O–H groups in total. The smallest absolute Gasteiger partial charge is 0.226 e. The molecule has 0 radical (unpaired) electrons. The first-order valence-corrected chi connectivity index (χ1v) is 9.74. The molecule has 6 nitrogen and oxygen atoms in total. The highest BCUT2D eigenvalue weighted by Gasteiger charge is 2.20. The summed E-state index contributed by atoms with van der Waals surface area (Å²) in [4.78, 5) is 13.9. The highest BCUT2D eigenvalue weighted by molar-refractivity contribution is 5.80. The van der Waals surface area contributed by atoms with Crippen LogP contribution in [0.3, 0.4) is 0 Å². The Morgan fingerprint density at radius 3 is 2.52 bits per heavy atom. The monoisotopic (exact) mass is 369 g/mol. The highest BCUT2D eigenvalue weighted by atomic mass is 16.3. The normalized spacial score (nSPS) is 16.2. The molecule has 0 atom stereocenters. The molecule has 0 unspecified atom stereocenters. The third kappa shape index (κ3) is 5.32. The van der Waals surface area contributed by atoms with Crippen LogP contribution in [0, 0.1) is 12.8 Å². The molecule has 27 heavy (non-hydrogen) atoms. The molecule has 0 aliphatic carbocycles. The average Bonchev–Trinajstić information content (AvgIpc) is 3.12. The Hall–Kier alpha value is -2.34. The number of benzene rings is 1. The molecule has 2 heterocycles. The molecule has 1 saturated heterocycles. The van der Waals surface area contributed by atoms with Crippen molar-refractivity contribution < 1.29 is 4.42 Å². The summed E-state index contributed by atoms with van der Waals surface area (Å²) >= 11 is 0. The van der Waals surface area contributed by atoms with Crippen LogP contribution in [0.4, 0.5) is 0 Å². The molecule has 146 valence electrons. The first-order chi connectivity index (χ1) is 13.0. The second-order valence-electron chi connectivity index (χ2n) is 7.59. The fourth-order valence-corrected chi connectivity index (χ4v) is 3.38. The van der Waals surface area contributed by atoms with Crippen molar-refractivity contribution in [3.63, 3.8) is 0 Å². The number of hydrogen-bond acceptors (Lipinski definition) is 4. The van der Waals surface area contributed by atoms with Gasteiger partial charge in [-0.25, -0.2) is 4.98 Å². The summed E-state index contributed by atoms with van der Waals surface area (Å²) in [5, 5.41) is 3.42. The predicted molar refractivity (Wildman–Crippen MR) is 110 cm³/mol.